The molecule has 4 rings (SSSR count). The Kier molecular flexibility index (Phi) is 13.3. The van der Waals surface area contributed by atoms with Gasteiger partial charge in [0.2, 0.25) is 10.0 Å². The van der Waals surface area contributed by atoms with Crippen molar-refractivity contribution in [3.63, 3.8) is 0 Å². The Morgan fingerprint density at radius 1 is 0.771 bits per heavy atom. The number of hydrogen-bond acceptors (Lipinski definition) is 8. The van der Waals surface area contributed by atoms with E-state index in [0.29, 0.717) is 42.4 Å². The molecule has 0 heterocycles. The third-order valence-electron chi connectivity index (χ3n) is 8.05. The number of benzene rings is 4. The van der Waals surface area contributed by atoms with Crippen molar-refractivity contribution < 1.29 is 37.3 Å². The number of nitrogens with one attached hydrogen (secondary N) is 1. The minimum absolute atomic E-state index is 0.0369. The Labute approximate surface area is 290 Å². The summed E-state index contributed by atoms with van der Waals surface area (Å²) < 4.78 is 51.9. The molecule has 10 nitrogen and oxygen atoms in total. The molecule has 0 bridgehead atoms. The minimum Gasteiger partial charge on any atom is -0.493 e. The average Bonchev–Trinajstić information content (AvgIpc) is 3.10. The van der Waals surface area contributed by atoms with E-state index in [4.69, 9.17) is 18.9 Å². The van der Waals surface area contributed by atoms with E-state index in [1.807, 2.05) is 48.5 Å². The summed E-state index contributed by atoms with van der Waals surface area (Å²) in [7, 11) is 2.14. The number of sulfonamides is 1. The van der Waals surface area contributed by atoms with Crippen molar-refractivity contribution in [2.75, 3.05) is 48.1 Å². The van der Waals surface area contributed by atoms with Crippen LogP contribution in [0.5, 0.6) is 23.0 Å². The number of carboxylic acids is 1. The molecule has 0 aliphatic rings. The molecule has 12 heteroatoms. The standard InChI is InChI=1S/C36H41BrN2O8S/c1-44-31-16-10-25(22-33(31)46-3)18-20-38-35(27-12-14-28(37)15-13-27)30(36(40)41)24-39(48(42,43)29-8-6-5-7-9-29)21-19-26-11-17-32(45-2)34(23-26)47-4/h5-17,22-23,30,35,38H,18-21,24H2,1-4H3,(H,40,41). The number of aliphatic carboxylic acids is 1. The lowest BCUT2D eigenvalue weighted by atomic mass is 9.92. The second-order valence-electron chi connectivity index (χ2n) is 11.0. The molecule has 4 aromatic rings. The average molecular weight is 742 g/mol. The third kappa shape index (κ3) is 9.28. The van der Waals surface area contributed by atoms with Gasteiger partial charge < -0.3 is 29.4 Å². The highest BCUT2D eigenvalue weighted by molar-refractivity contribution is 9.10. The molecule has 256 valence electrons. The lowest BCUT2D eigenvalue weighted by Crippen LogP contribution is -2.44. The van der Waals surface area contributed by atoms with Gasteiger partial charge in [-0.3, -0.25) is 4.79 Å². The van der Waals surface area contributed by atoms with Crippen molar-refractivity contribution in [2.24, 2.45) is 5.92 Å². The second-order valence-corrected chi connectivity index (χ2v) is 13.8. The van der Waals surface area contributed by atoms with E-state index in [-0.39, 0.29) is 18.0 Å². The van der Waals surface area contributed by atoms with Gasteiger partial charge in [0.1, 0.15) is 0 Å². The largest absolute Gasteiger partial charge is 0.493 e. The van der Waals surface area contributed by atoms with Gasteiger partial charge in [0, 0.05) is 23.6 Å². The quantitative estimate of drug-likeness (QED) is 0.127. The maximum Gasteiger partial charge on any atom is 0.309 e. The van der Waals surface area contributed by atoms with Crippen LogP contribution in [0.15, 0.2) is 100 Å². The lowest BCUT2D eigenvalue weighted by molar-refractivity contribution is -0.143. The zero-order chi connectivity index (χ0) is 34.7. The van der Waals surface area contributed by atoms with E-state index in [1.54, 1.807) is 51.7 Å². The number of ether oxygens (including phenoxy) is 4. The van der Waals surface area contributed by atoms with Gasteiger partial charge in [0.25, 0.3) is 0 Å². The number of carbonyl (C=O) groups is 1. The molecule has 0 aliphatic carbocycles. The number of rotatable bonds is 18. The Balaban J connectivity index is 1.66. The summed E-state index contributed by atoms with van der Waals surface area (Å²) in [6.07, 6.45) is 0.874. The highest BCUT2D eigenvalue weighted by Crippen LogP contribution is 2.31. The van der Waals surface area contributed by atoms with Crippen LogP contribution in [0.1, 0.15) is 22.7 Å². The first kappa shape index (κ1) is 36.7. The minimum atomic E-state index is -4.08. The summed E-state index contributed by atoms with van der Waals surface area (Å²) in [5.74, 6) is 0.0171. The summed E-state index contributed by atoms with van der Waals surface area (Å²) in [5, 5.41) is 14.1. The zero-order valence-electron chi connectivity index (χ0n) is 27.4. The molecule has 2 atom stereocenters. The van der Waals surface area contributed by atoms with Crippen molar-refractivity contribution in [3.8, 4) is 23.0 Å². The Morgan fingerprint density at radius 2 is 1.31 bits per heavy atom. The van der Waals surface area contributed by atoms with Crippen LogP contribution in [0.4, 0.5) is 0 Å². The number of carboxylic acid groups (broad SMARTS) is 1. The van der Waals surface area contributed by atoms with Crippen molar-refractivity contribution >= 4 is 31.9 Å². The maximum absolute atomic E-state index is 14.1. The number of hydrogen-bond donors (Lipinski definition) is 2. The fourth-order valence-corrected chi connectivity index (χ4v) is 7.21. The molecule has 0 amide bonds. The molecular formula is C36H41BrN2O8S. The number of halogens is 1. The van der Waals surface area contributed by atoms with Gasteiger partial charge >= 0.3 is 5.97 Å². The van der Waals surface area contributed by atoms with Crippen LogP contribution in [-0.4, -0.2) is 71.9 Å². The molecule has 2 unspecified atom stereocenters. The number of nitrogens with zero attached hydrogens (tertiary/aromatic N) is 1. The van der Waals surface area contributed by atoms with Gasteiger partial charge in [-0.05, 0) is 84.6 Å². The maximum atomic E-state index is 14.1. The molecule has 0 aromatic heterocycles. The lowest BCUT2D eigenvalue weighted by Gasteiger charge is -2.31. The summed E-state index contributed by atoms with van der Waals surface area (Å²) in [6.45, 7) is 0.177. The molecule has 48 heavy (non-hydrogen) atoms. The molecule has 0 fully saturated rings. The Bertz CT molecular complexity index is 1750. The van der Waals surface area contributed by atoms with Crippen molar-refractivity contribution in [3.05, 3.63) is 112 Å². The molecular weight excluding hydrogens is 700 g/mol. The first-order valence-electron chi connectivity index (χ1n) is 15.3. The SMILES string of the molecule is COc1ccc(CCNC(c2ccc(Br)cc2)C(CN(CCc2ccc(OC)c(OC)c2)S(=O)(=O)c2ccccc2)C(=O)O)cc1OC. The van der Waals surface area contributed by atoms with Gasteiger partial charge in [-0.25, -0.2) is 8.42 Å². The zero-order valence-corrected chi connectivity index (χ0v) is 29.8. The van der Waals surface area contributed by atoms with Gasteiger partial charge in [0.15, 0.2) is 23.0 Å². The van der Waals surface area contributed by atoms with E-state index >= 15 is 0 Å². The van der Waals surface area contributed by atoms with Crippen molar-refractivity contribution in [1.82, 2.24) is 9.62 Å². The molecule has 0 saturated heterocycles. The van der Waals surface area contributed by atoms with Crippen molar-refractivity contribution in [2.45, 2.75) is 23.8 Å². The summed E-state index contributed by atoms with van der Waals surface area (Å²) in [6, 6.07) is 25.7. The smallest absolute Gasteiger partial charge is 0.309 e. The first-order chi connectivity index (χ1) is 23.1. The van der Waals surface area contributed by atoms with Gasteiger partial charge in [-0.1, -0.05) is 58.4 Å². The fraction of sp³-hybridized carbons (Fsp3) is 0.306. The van der Waals surface area contributed by atoms with Crippen LogP contribution in [0.3, 0.4) is 0 Å². The topological polar surface area (TPSA) is 124 Å². The first-order valence-corrected chi connectivity index (χ1v) is 17.5. The van der Waals surface area contributed by atoms with E-state index < -0.39 is 28.0 Å². The van der Waals surface area contributed by atoms with Gasteiger partial charge in [0.05, 0.1) is 39.3 Å². The van der Waals surface area contributed by atoms with Crippen molar-refractivity contribution in [1.29, 1.82) is 0 Å². The summed E-state index contributed by atoms with van der Waals surface area (Å²) in [5.41, 5.74) is 2.49. The fourth-order valence-electron chi connectivity index (χ4n) is 5.46. The van der Waals surface area contributed by atoms with Crippen LogP contribution < -0.4 is 24.3 Å². The van der Waals surface area contributed by atoms with Crippen LogP contribution >= 0.6 is 15.9 Å². The predicted octanol–water partition coefficient (Wildman–Crippen LogP) is 5.99. The highest BCUT2D eigenvalue weighted by Gasteiger charge is 2.35. The van der Waals surface area contributed by atoms with Crippen LogP contribution in [0.25, 0.3) is 0 Å². The molecule has 0 radical (unpaired) electrons. The summed E-state index contributed by atoms with van der Waals surface area (Å²) >= 11 is 3.46. The van der Waals surface area contributed by atoms with Crippen LogP contribution in [0.2, 0.25) is 0 Å². The van der Waals surface area contributed by atoms with Gasteiger partial charge in [-0.15, -0.1) is 0 Å². The summed E-state index contributed by atoms with van der Waals surface area (Å²) in [4.78, 5) is 13.2. The van der Waals surface area contributed by atoms with E-state index in [1.165, 1.54) is 23.5 Å². The molecule has 0 aliphatic heterocycles. The van der Waals surface area contributed by atoms with E-state index in [9.17, 15) is 18.3 Å². The van der Waals surface area contributed by atoms with Crippen LogP contribution in [-0.2, 0) is 27.7 Å². The number of methoxy groups -OCH3 is 4. The molecule has 0 saturated carbocycles. The molecule has 2 N–H and O–H groups in total. The highest BCUT2D eigenvalue weighted by atomic mass is 79.9. The second kappa shape index (κ2) is 17.3. The third-order valence-corrected chi connectivity index (χ3v) is 10.5. The molecule has 0 spiro atoms. The normalized spacial score (nSPS) is 12.7. The Hall–Kier alpha value is -4.10. The van der Waals surface area contributed by atoms with Crippen LogP contribution in [0, 0.1) is 5.92 Å². The Morgan fingerprint density at radius 3 is 1.83 bits per heavy atom. The van der Waals surface area contributed by atoms with Gasteiger partial charge in [-0.2, -0.15) is 4.31 Å². The monoisotopic (exact) mass is 740 g/mol. The predicted molar refractivity (Wildman–Crippen MR) is 188 cm³/mol. The molecule has 4 aromatic carbocycles. The van der Waals surface area contributed by atoms with E-state index in [2.05, 4.69) is 21.2 Å². The van der Waals surface area contributed by atoms with E-state index in [0.717, 1.165) is 21.2 Å².